The van der Waals surface area contributed by atoms with Crippen molar-refractivity contribution in [3.8, 4) is 0 Å². The van der Waals surface area contributed by atoms with Crippen LogP contribution < -0.4 is 0 Å². The third kappa shape index (κ3) is 1.17. The first-order chi connectivity index (χ1) is 3.93. The van der Waals surface area contributed by atoms with Crippen molar-refractivity contribution in [2.75, 3.05) is 0 Å². The van der Waals surface area contributed by atoms with E-state index in [1.54, 1.807) is 5.37 Å². The number of hydrogen-bond donors (Lipinski definition) is 0. The molecule has 0 aromatic carbocycles. The van der Waals surface area contributed by atoms with Crippen LogP contribution in [0, 0.1) is 0 Å². The van der Waals surface area contributed by atoms with Gasteiger partial charge in [-0.25, -0.2) is 0 Å². The maximum absolute atomic E-state index is 4.65. The van der Waals surface area contributed by atoms with Gasteiger partial charge in [0.15, 0.2) is 0 Å². The molecule has 0 unspecified atom stereocenters. The van der Waals surface area contributed by atoms with Gasteiger partial charge in [-0.2, -0.15) is 0 Å². The summed E-state index contributed by atoms with van der Waals surface area (Å²) in [6.07, 6.45) is 3.98. The Morgan fingerprint density at radius 1 is 1.38 bits per heavy atom. The molecule has 0 radical (unpaired) electrons. The lowest BCUT2D eigenvalue weighted by atomic mass is 10.7. The van der Waals surface area contributed by atoms with Crippen LogP contribution in [0.5, 0.6) is 0 Å². The van der Waals surface area contributed by atoms with Crippen molar-refractivity contribution >= 4 is 17.6 Å². The Hall–Kier alpha value is -0.630. The highest BCUT2D eigenvalue weighted by molar-refractivity contribution is 7.78. The molecule has 2 heteroatoms. The predicted octanol–water partition coefficient (Wildman–Crippen LogP) is 1.49. The van der Waals surface area contributed by atoms with Crippen molar-refractivity contribution in [3.63, 3.8) is 0 Å². The fourth-order valence-electron chi connectivity index (χ4n) is 0.578. The lowest BCUT2D eigenvalue weighted by Crippen LogP contribution is -1.91. The quantitative estimate of drug-likeness (QED) is 0.542. The lowest BCUT2D eigenvalue weighted by molar-refractivity contribution is 0.880. The van der Waals surface area contributed by atoms with Crippen molar-refractivity contribution in [3.05, 3.63) is 24.5 Å². The van der Waals surface area contributed by atoms with Gasteiger partial charge in [0.1, 0.15) is 0 Å². The second-order valence-corrected chi connectivity index (χ2v) is 1.88. The van der Waals surface area contributed by atoms with Gasteiger partial charge in [-0.05, 0) is 17.5 Å². The highest BCUT2D eigenvalue weighted by atomic mass is 32.1. The van der Waals surface area contributed by atoms with E-state index in [0.29, 0.717) is 0 Å². The topological polar surface area (TPSA) is 4.93 Å². The van der Waals surface area contributed by atoms with E-state index in [4.69, 9.17) is 0 Å². The van der Waals surface area contributed by atoms with Crippen molar-refractivity contribution in [1.29, 1.82) is 0 Å². The highest BCUT2D eigenvalue weighted by Crippen LogP contribution is 1.86. The normalized spacial score (nSPS) is 9.00. The summed E-state index contributed by atoms with van der Waals surface area (Å²) in [6.45, 7) is 0.836. The molecule has 0 aliphatic heterocycles. The van der Waals surface area contributed by atoms with Crippen LogP contribution in [0.1, 0.15) is 0 Å². The molecule has 0 atom stereocenters. The van der Waals surface area contributed by atoms with Gasteiger partial charge in [-0.3, -0.25) is 0 Å². The summed E-state index contributed by atoms with van der Waals surface area (Å²) >= 11 is 4.65. The van der Waals surface area contributed by atoms with Crippen LogP contribution in [0.4, 0.5) is 0 Å². The summed E-state index contributed by atoms with van der Waals surface area (Å²) in [7, 11) is 0. The minimum atomic E-state index is 0.836. The van der Waals surface area contributed by atoms with E-state index < -0.39 is 0 Å². The van der Waals surface area contributed by atoms with Gasteiger partial charge in [-0.15, -0.1) is 0 Å². The Morgan fingerprint density at radius 2 is 2.00 bits per heavy atom. The standard InChI is InChI=1S/C6H7NS/c8-6-5-7-3-1-2-4-7/h1-4,6H,5H2. The number of nitrogens with zero attached hydrogens (tertiary/aromatic N) is 1. The third-order valence-corrected chi connectivity index (χ3v) is 1.10. The van der Waals surface area contributed by atoms with Crippen LogP contribution in [0.25, 0.3) is 0 Å². The van der Waals surface area contributed by atoms with Crippen molar-refractivity contribution in [2.45, 2.75) is 6.54 Å². The van der Waals surface area contributed by atoms with E-state index in [-0.39, 0.29) is 0 Å². The molecule has 0 spiro atoms. The number of hydrogen-bond acceptors (Lipinski definition) is 1. The Morgan fingerprint density at radius 3 is 2.50 bits per heavy atom. The van der Waals surface area contributed by atoms with Gasteiger partial charge in [0.05, 0.1) is 6.54 Å². The predicted molar refractivity (Wildman–Crippen MR) is 38.1 cm³/mol. The van der Waals surface area contributed by atoms with Gasteiger partial charge in [0, 0.05) is 12.4 Å². The molecule has 0 saturated carbocycles. The van der Waals surface area contributed by atoms with Gasteiger partial charge in [0.25, 0.3) is 0 Å². The third-order valence-electron chi connectivity index (χ3n) is 0.952. The first-order valence-electron chi connectivity index (χ1n) is 2.48. The second kappa shape index (κ2) is 2.62. The molecule has 0 aliphatic rings. The summed E-state index contributed by atoms with van der Waals surface area (Å²) in [5.74, 6) is 0. The average molecular weight is 125 g/mol. The lowest BCUT2D eigenvalue weighted by Gasteiger charge is -1.90. The Kier molecular flexibility index (Phi) is 1.80. The van der Waals surface area contributed by atoms with Gasteiger partial charge >= 0.3 is 0 Å². The maximum Gasteiger partial charge on any atom is 0.0503 e. The zero-order chi connectivity index (χ0) is 5.82. The summed E-state index contributed by atoms with van der Waals surface area (Å²) in [5, 5.41) is 1.71. The maximum atomic E-state index is 4.65. The van der Waals surface area contributed by atoms with E-state index in [0.717, 1.165) is 6.54 Å². The second-order valence-electron chi connectivity index (χ2n) is 1.55. The molecule has 1 aromatic heterocycles. The molecular formula is C6H7NS. The molecule has 0 N–H and O–H groups in total. The summed E-state index contributed by atoms with van der Waals surface area (Å²) in [5.41, 5.74) is 0. The monoisotopic (exact) mass is 125 g/mol. The molecule has 0 amide bonds. The van der Waals surface area contributed by atoms with Crippen molar-refractivity contribution in [2.24, 2.45) is 0 Å². The molecule has 8 heavy (non-hydrogen) atoms. The fourth-order valence-corrected chi connectivity index (χ4v) is 0.750. The minimum absolute atomic E-state index is 0.836. The van der Waals surface area contributed by atoms with Crippen LogP contribution in [0.2, 0.25) is 0 Å². The van der Waals surface area contributed by atoms with Crippen molar-refractivity contribution < 1.29 is 0 Å². The van der Waals surface area contributed by atoms with Crippen LogP contribution in [-0.4, -0.2) is 9.93 Å². The minimum Gasteiger partial charge on any atom is -0.350 e. The van der Waals surface area contributed by atoms with Crippen LogP contribution in [-0.2, 0) is 6.54 Å². The molecule has 0 aliphatic carbocycles. The zero-order valence-electron chi connectivity index (χ0n) is 4.45. The van der Waals surface area contributed by atoms with E-state index in [9.17, 15) is 0 Å². The summed E-state index contributed by atoms with van der Waals surface area (Å²) in [4.78, 5) is 0. The largest absolute Gasteiger partial charge is 0.350 e. The van der Waals surface area contributed by atoms with E-state index in [2.05, 4.69) is 12.2 Å². The number of aromatic nitrogens is 1. The van der Waals surface area contributed by atoms with Crippen LogP contribution in [0.3, 0.4) is 0 Å². The smallest absolute Gasteiger partial charge is 0.0503 e. The van der Waals surface area contributed by atoms with Gasteiger partial charge < -0.3 is 4.57 Å². The molecule has 0 fully saturated rings. The molecular weight excluding hydrogens is 118 g/mol. The van der Waals surface area contributed by atoms with Gasteiger partial charge in [0.2, 0.25) is 0 Å². The van der Waals surface area contributed by atoms with E-state index >= 15 is 0 Å². The zero-order valence-corrected chi connectivity index (χ0v) is 5.27. The molecule has 0 saturated heterocycles. The Balaban J connectivity index is 2.62. The van der Waals surface area contributed by atoms with Gasteiger partial charge in [-0.1, -0.05) is 12.2 Å². The summed E-state index contributed by atoms with van der Waals surface area (Å²) < 4.78 is 2.02. The first-order valence-corrected chi connectivity index (χ1v) is 2.95. The SMILES string of the molecule is S=CCn1cccc1. The molecule has 1 nitrogen and oxygen atoms in total. The van der Waals surface area contributed by atoms with Crippen LogP contribution >= 0.6 is 12.2 Å². The molecule has 0 bridgehead atoms. The fraction of sp³-hybridized carbons (Fsp3) is 0.167. The molecule has 1 aromatic rings. The molecule has 42 valence electrons. The molecule has 1 heterocycles. The number of rotatable bonds is 2. The highest BCUT2D eigenvalue weighted by Gasteiger charge is 1.78. The van der Waals surface area contributed by atoms with Crippen LogP contribution in [0.15, 0.2) is 24.5 Å². The number of thiocarbonyl (C=S) groups is 1. The average Bonchev–Trinajstić information content (AvgIpc) is 2.19. The Bertz CT molecular complexity index is 155. The van der Waals surface area contributed by atoms with E-state index in [1.807, 2.05) is 29.1 Å². The van der Waals surface area contributed by atoms with E-state index in [1.165, 1.54) is 0 Å². The Labute approximate surface area is 53.9 Å². The van der Waals surface area contributed by atoms with Crippen molar-refractivity contribution in [1.82, 2.24) is 4.57 Å². The first kappa shape index (κ1) is 5.51. The summed E-state index contributed by atoms with van der Waals surface area (Å²) in [6, 6.07) is 3.97. The molecule has 1 rings (SSSR count).